The average molecular weight is 294 g/mol. The second-order valence-electron chi connectivity index (χ2n) is 2.27. The highest BCUT2D eigenvalue weighted by Gasteiger charge is 2.60. The zero-order valence-electron chi connectivity index (χ0n) is 6.33. The number of allylic oxidation sites excluding steroid dienone is 1. The zero-order valence-corrected chi connectivity index (χ0v) is 9.36. The molecule has 0 spiro atoms. The molecule has 0 aromatic rings. The first kappa shape index (κ1) is 14.6. The molecule has 0 aliphatic rings. The SMILES string of the molecule is FC(F)(/C=C/Cl)C(F)(F)C(Cl)C(Cl)Cl. The minimum atomic E-state index is -4.58. The number of hydrogen-bond donors (Lipinski definition) is 0. The van der Waals surface area contributed by atoms with E-state index in [-0.39, 0.29) is 11.6 Å². The fraction of sp³-hybridized carbons (Fsp3) is 0.667. The van der Waals surface area contributed by atoms with Crippen LogP contribution in [-0.4, -0.2) is 22.1 Å². The second-order valence-corrected chi connectivity index (χ2v) is 4.16. The molecule has 14 heavy (non-hydrogen) atoms. The zero-order chi connectivity index (χ0) is 11.6. The van der Waals surface area contributed by atoms with Crippen LogP contribution in [0.15, 0.2) is 11.6 Å². The molecule has 1 unspecified atom stereocenters. The third-order valence-electron chi connectivity index (χ3n) is 1.28. The third kappa shape index (κ3) is 3.05. The molecule has 0 aliphatic heterocycles. The Morgan fingerprint density at radius 1 is 1.00 bits per heavy atom. The van der Waals surface area contributed by atoms with Gasteiger partial charge in [-0.1, -0.05) is 11.6 Å². The van der Waals surface area contributed by atoms with Crippen LogP contribution in [0.3, 0.4) is 0 Å². The molecule has 0 rings (SSSR count). The minimum Gasteiger partial charge on any atom is -0.198 e. The molecule has 0 aromatic carbocycles. The van der Waals surface area contributed by atoms with Gasteiger partial charge in [0, 0.05) is 11.6 Å². The number of halogens is 8. The Kier molecular flexibility index (Phi) is 5.33. The second kappa shape index (κ2) is 5.10. The number of rotatable bonds is 4. The molecule has 0 aromatic heterocycles. The van der Waals surface area contributed by atoms with E-state index in [2.05, 4.69) is 0 Å². The van der Waals surface area contributed by atoms with E-state index < -0.39 is 22.1 Å². The molecule has 0 aliphatic carbocycles. The summed E-state index contributed by atoms with van der Waals surface area (Å²) >= 11 is 19.7. The number of hydrogen-bond acceptors (Lipinski definition) is 0. The van der Waals surface area contributed by atoms with E-state index in [0.29, 0.717) is 0 Å². The molecule has 0 saturated heterocycles. The molecule has 0 N–H and O–H groups in total. The average Bonchev–Trinajstić information content (AvgIpc) is 2.02. The normalized spacial score (nSPS) is 16.6. The van der Waals surface area contributed by atoms with Crippen LogP contribution in [0.4, 0.5) is 17.6 Å². The highest BCUT2D eigenvalue weighted by Crippen LogP contribution is 2.43. The van der Waals surface area contributed by atoms with E-state index in [1.54, 1.807) is 0 Å². The quantitative estimate of drug-likeness (QED) is 0.532. The van der Waals surface area contributed by atoms with Crippen LogP contribution in [0, 0.1) is 0 Å². The summed E-state index contributed by atoms with van der Waals surface area (Å²) in [6.07, 6.45) is -0.180. The van der Waals surface area contributed by atoms with Crippen LogP contribution in [0.2, 0.25) is 0 Å². The molecule has 1 atom stereocenters. The van der Waals surface area contributed by atoms with Crippen molar-refractivity contribution in [3.8, 4) is 0 Å². The van der Waals surface area contributed by atoms with Crippen molar-refractivity contribution in [1.82, 2.24) is 0 Å². The van der Waals surface area contributed by atoms with E-state index in [1.807, 2.05) is 0 Å². The Morgan fingerprint density at radius 3 is 1.71 bits per heavy atom. The smallest absolute Gasteiger partial charge is 0.198 e. The standard InChI is InChI=1S/C6H4Cl4F4/c7-2-1-5(11,12)6(13,14)3(8)4(9)10/h1-4H/b2-1+. The lowest BCUT2D eigenvalue weighted by molar-refractivity contribution is -0.178. The Bertz CT molecular complexity index is 216. The number of alkyl halides is 7. The largest absolute Gasteiger partial charge is 0.332 e. The molecular formula is C6H4Cl4F4. The van der Waals surface area contributed by atoms with Gasteiger partial charge in [-0.2, -0.15) is 17.6 Å². The fourth-order valence-electron chi connectivity index (χ4n) is 0.532. The highest BCUT2D eigenvalue weighted by atomic mass is 35.5. The summed E-state index contributed by atoms with van der Waals surface area (Å²) < 4.78 is 51.1. The van der Waals surface area contributed by atoms with Gasteiger partial charge in [0.2, 0.25) is 0 Å². The van der Waals surface area contributed by atoms with E-state index in [1.165, 1.54) is 0 Å². The van der Waals surface area contributed by atoms with Crippen LogP contribution in [-0.2, 0) is 0 Å². The summed E-state index contributed by atoms with van der Waals surface area (Å²) in [5, 5.41) is -2.41. The van der Waals surface area contributed by atoms with E-state index in [0.717, 1.165) is 0 Å². The topological polar surface area (TPSA) is 0 Å². The summed E-state index contributed by atoms with van der Waals surface area (Å²) in [6.45, 7) is 0. The first-order valence-corrected chi connectivity index (χ1v) is 4.87. The molecule has 0 radical (unpaired) electrons. The summed E-state index contributed by atoms with van der Waals surface area (Å²) in [5.41, 5.74) is 0.273. The van der Waals surface area contributed by atoms with Gasteiger partial charge in [0.1, 0.15) is 10.2 Å². The van der Waals surface area contributed by atoms with E-state index in [4.69, 9.17) is 46.4 Å². The predicted octanol–water partition coefficient (Wildman–Crippen LogP) is 4.42. The summed E-state index contributed by atoms with van der Waals surface area (Å²) in [4.78, 5) is -1.82. The van der Waals surface area contributed by atoms with E-state index >= 15 is 0 Å². The van der Waals surface area contributed by atoms with E-state index in [9.17, 15) is 17.6 Å². The van der Waals surface area contributed by atoms with Gasteiger partial charge in [0.15, 0.2) is 0 Å². The van der Waals surface area contributed by atoms with Crippen molar-refractivity contribution in [2.45, 2.75) is 22.1 Å². The molecule has 0 saturated carbocycles. The molecule has 0 amide bonds. The van der Waals surface area contributed by atoms with Crippen molar-refractivity contribution in [3.63, 3.8) is 0 Å². The Balaban J connectivity index is 4.93. The molecule has 8 heteroatoms. The van der Waals surface area contributed by atoms with Gasteiger partial charge < -0.3 is 0 Å². The Hall–Kier alpha value is 0.620. The molecular weight excluding hydrogens is 290 g/mol. The summed E-state index contributed by atoms with van der Waals surface area (Å²) in [7, 11) is 0. The maximum Gasteiger partial charge on any atom is 0.332 e. The first-order valence-electron chi connectivity index (χ1n) is 3.12. The lowest BCUT2D eigenvalue weighted by Gasteiger charge is -2.28. The lowest BCUT2D eigenvalue weighted by Crippen LogP contribution is -2.48. The van der Waals surface area contributed by atoms with Crippen molar-refractivity contribution in [2.75, 3.05) is 0 Å². The van der Waals surface area contributed by atoms with Crippen molar-refractivity contribution in [2.24, 2.45) is 0 Å². The summed E-state index contributed by atoms with van der Waals surface area (Å²) in [6, 6.07) is 0. The summed E-state index contributed by atoms with van der Waals surface area (Å²) in [5.74, 6) is -9.07. The van der Waals surface area contributed by atoms with Crippen molar-refractivity contribution < 1.29 is 17.6 Å². The van der Waals surface area contributed by atoms with Crippen molar-refractivity contribution in [1.29, 1.82) is 0 Å². The molecule has 0 fully saturated rings. The van der Waals surface area contributed by atoms with Crippen molar-refractivity contribution in [3.05, 3.63) is 11.6 Å². The predicted molar refractivity (Wildman–Crippen MR) is 50.0 cm³/mol. The van der Waals surface area contributed by atoms with Crippen LogP contribution >= 0.6 is 46.4 Å². The third-order valence-corrected chi connectivity index (χ3v) is 2.70. The van der Waals surface area contributed by atoms with Gasteiger partial charge >= 0.3 is 11.8 Å². The van der Waals surface area contributed by atoms with Gasteiger partial charge in [0.25, 0.3) is 0 Å². The van der Waals surface area contributed by atoms with Crippen LogP contribution in [0.25, 0.3) is 0 Å². The monoisotopic (exact) mass is 292 g/mol. The Labute approximate surface area is 97.7 Å². The van der Waals surface area contributed by atoms with Crippen molar-refractivity contribution >= 4 is 46.4 Å². The fourth-order valence-corrected chi connectivity index (χ4v) is 1.15. The maximum atomic E-state index is 12.9. The molecule has 0 nitrogen and oxygen atoms in total. The molecule has 0 heterocycles. The van der Waals surface area contributed by atoms with Gasteiger partial charge in [-0.25, -0.2) is 0 Å². The van der Waals surface area contributed by atoms with Gasteiger partial charge in [-0.05, 0) is 0 Å². The maximum absolute atomic E-state index is 12.9. The van der Waals surface area contributed by atoms with Crippen LogP contribution in [0.5, 0.6) is 0 Å². The van der Waals surface area contributed by atoms with Gasteiger partial charge in [-0.15, -0.1) is 34.8 Å². The van der Waals surface area contributed by atoms with Gasteiger partial charge in [-0.3, -0.25) is 0 Å². The molecule has 0 bridgehead atoms. The molecule has 84 valence electrons. The van der Waals surface area contributed by atoms with Crippen LogP contribution < -0.4 is 0 Å². The van der Waals surface area contributed by atoms with Crippen LogP contribution in [0.1, 0.15) is 0 Å². The lowest BCUT2D eigenvalue weighted by atomic mass is 10.1. The first-order chi connectivity index (χ1) is 6.16. The highest BCUT2D eigenvalue weighted by molar-refractivity contribution is 6.48. The van der Waals surface area contributed by atoms with Gasteiger partial charge in [0.05, 0.1) is 0 Å². The minimum absolute atomic E-state index is 0.180. The Morgan fingerprint density at radius 2 is 1.43 bits per heavy atom.